The lowest BCUT2D eigenvalue weighted by molar-refractivity contribution is -0.138. The van der Waals surface area contributed by atoms with Gasteiger partial charge in [-0.05, 0) is 79.1 Å². The zero-order valence-electron chi connectivity index (χ0n) is 22.5. The van der Waals surface area contributed by atoms with Crippen LogP contribution in [-0.2, 0) is 4.79 Å². The number of rotatable bonds is 14. The number of hydrogen-bond acceptors (Lipinski definition) is 4. The Morgan fingerprint density at radius 1 is 0.868 bits per heavy atom. The summed E-state index contributed by atoms with van der Waals surface area (Å²) < 4.78 is 5.21. The summed E-state index contributed by atoms with van der Waals surface area (Å²) in [7, 11) is 1.62. The van der Waals surface area contributed by atoms with Crippen molar-refractivity contribution in [1.82, 2.24) is 0 Å². The van der Waals surface area contributed by atoms with Gasteiger partial charge in [-0.15, -0.1) is 0 Å². The first-order valence-electron chi connectivity index (χ1n) is 13.3. The molecule has 0 fully saturated rings. The summed E-state index contributed by atoms with van der Waals surface area (Å²) in [6.07, 6.45) is 6.15. The lowest BCUT2D eigenvalue weighted by Gasteiger charge is -2.24. The topological polar surface area (TPSA) is 78.9 Å². The van der Waals surface area contributed by atoms with Gasteiger partial charge in [-0.2, -0.15) is 0 Å². The molecule has 0 radical (unpaired) electrons. The molecular weight excluding hydrogens is 496 g/mol. The van der Waals surface area contributed by atoms with Crippen molar-refractivity contribution in [2.45, 2.75) is 68.1 Å². The molecule has 2 N–H and O–H groups in total. The molecule has 0 saturated carbocycles. The minimum absolute atomic E-state index is 0.162. The first-order valence-corrected chi connectivity index (χ1v) is 14.1. The third kappa shape index (κ3) is 8.55. The van der Waals surface area contributed by atoms with Gasteiger partial charge in [-0.3, -0.25) is 9.69 Å². The molecule has 3 aromatic rings. The average molecular weight is 535 g/mol. The van der Waals surface area contributed by atoms with Gasteiger partial charge in [0.2, 0.25) is 0 Å². The van der Waals surface area contributed by atoms with Crippen LogP contribution in [0.5, 0.6) is 5.75 Å². The highest BCUT2D eigenvalue weighted by Gasteiger charge is 2.18. The Labute approximate surface area is 230 Å². The highest BCUT2D eigenvalue weighted by atomic mass is 32.2. The molecule has 0 spiro atoms. The van der Waals surface area contributed by atoms with Crippen molar-refractivity contribution in [3.8, 4) is 5.75 Å². The summed E-state index contributed by atoms with van der Waals surface area (Å²) in [6, 6.07) is 22.9. The molecule has 0 heterocycles. The van der Waals surface area contributed by atoms with Gasteiger partial charge in [0.1, 0.15) is 5.75 Å². The van der Waals surface area contributed by atoms with Crippen molar-refractivity contribution in [2.24, 2.45) is 0 Å². The van der Waals surface area contributed by atoms with Crippen LogP contribution in [0.25, 0.3) is 0 Å². The zero-order chi connectivity index (χ0) is 27.3. The highest BCUT2D eigenvalue weighted by molar-refractivity contribution is 7.99. The fourth-order valence-corrected chi connectivity index (χ4v) is 5.05. The number of aliphatic carboxylic acids is 1. The van der Waals surface area contributed by atoms with Crippen LogP contribution in [-0.4, -0.2) is 30.8 Å². The maximum absolute atomic E-state index is 13.3. The normalized spacial score (nSPS) is 11.6. The van der Waals surface area contributed by atoms with E-state index in [-0.39, 0.29) is 6.03 Å². The van der Waals surface area contributed by atoms with E-state index in [0.717, 1.165) is 45.3 Å². The van der Waals surface area contributed by atoms with E-state index in [1.807, 2.05) is 79.7 Å². The number of carbonyl (C=O) groups excluding carboxylic acids is 1. The lowest BCUT2D eigenvalue weighted by atomic mass is 9.97. The Morgan fingerprint density at radius 2 is 1.47 bits per heavy atom. The van der Waals surface area contributed by atoms with Crippen molar-refractivity contribution in [3.63, 3.8) is 0 Å². The van der Waals surface area contributed by atoms with Gasteiger partial charge in [0.25, 0.3) is 0 Å². The molecule has 7 heteroatoms. The zero-order valence-corrected chi connectivity index (χ0v) is 23.3. The van der Waals surface area contributed by atoms with Gasteiger partial charge in [-0.1, -0.05) is 63.4 Å². The number of unbranched alkanes of at least 4 members (excludes halogenated alkanes) is 4. The molecule has 0 aliphatic rings. The predicted octanol–water partition coefficient (Wildman–Crippen LogP) is 8.43. The largest absolute Gasteiger partial charge is 0.497 e. The number of anilines is 2. The van der Waals surface area contributed by atoms with Crippen molar-refractivity contribution >= 4 is 35.1 Å². The Morgan fingerprint density at radius 3 is 2.03 bits per heavy atom. The Balaban J connectivity index is 1.69. The van der Waals surface area contributed by atoms with E-state index in [0.29, 0.717) is 13.0 Å². The molecule has 1 atom stereocenters. The quantitative estimate of drug-likeness (QED) is 0.203. The molecule has 0 aliphatic heterocycles. The number of hydrogen-bond donors (Lipinski definition) is 2. The summed E-state index contributed by atoms with van der Waals surface area (Å²) in [5, 5.41) is 12.4. The first-order chi connectivity index (χ1) is 18.4. The molecule has 0 aromatic heterocycles. The Kier molecular flexibility index (Phi) is 11.6. The molecule has 3 rings (SSSR count). The molecule has 3 aromatic carbocycles. The SMILES string of the molecule is CCCCCCCN(C(=O)Nc1ccc(OC)cc1)c1ccc(Sc2ccc(C(CC)C(=O)O)cc2)cc1. The van der Waals surface area contributed by atoms with Gasteiger partial charge >= 0.3 is 12.0 Å². The van der Waals surface area contributed by atoms with Crippen LogP contribution in [0, 0.1) is 0 Å². The summed E-state index contributed by atoms with van der Waals surface area (Å²) in [4.78, 5) is 28.6. The second kappa shape index (κ2) is 15.1. The molecule has 38 heavy (non-hydrogen) atoms. The van der Waals surface area contributed by atoms with Crippen LogP contribution in [0.4, 0.5) is 16.2 Å². The summed E-state index contributed by atoms with van der Waals surface area (Å²) in [6.45, 7) is 4.72. The van der Waals surface area contributed by atoms with Gasteiger partial charge < -0.3 is 15.2 Å². The van der Waals surface area contributed by atoms with E-state index in [1.54, 1.807) is 23.8 Å². The average Bonchev–Trinajstić information content (AvgIpc) is 2.93. The van der Waals surface area contributed by atoms with Crippen LogP contribution in [0.3, 0.4) is 0 Å². The molecule has 202 valence electrons. The summed E-state index contributed by atoms with van der Waals surface area (Å²) >= 11 is 1.61. The van der Waals surface area contributed by atoms with Crippen LogP contribution >= 0.6 is 11.8 Å². The van der Waals surface area contributed by atoms with Crippen LogP contribution in [0.2, 0.25) is 0 Å². The predicted molar refractivity (Wildman–Crippen MR) is 156 cm³/mol. The van der Waals surface area contributed by atoms with Gasteiger partial charge in [0, 0.05) is 27.7 Å². The number of benzene rings is 3. The molecule has 2 amide bonds. The number of methoxy groups -OCH3 is 1. The molecule has 6 nitrogen and oxygen atoms in total. The van der Waals surface area contributed by atoms with Crippen molar-refractivity contribution in [2.75, 3.05) is 23.9 Å². The minimum Gasteiger partial charge on any atom is -0.497 e. The third-order valence-electron chi connectivity index (χ3n) is 6.44. The maximum atomic E-state index is 13.3. The van der Waals surface area contributed by atoms with Gasteiger partial charge in [-0.25, -0.2) is 4.79 Å². The van der Waals surface area contributed by atoms with Gasteiger partial charge in [0.15, 0.2) is 0 Å². The summed E-state index contributed by atoms with van der Waals surface area (Å²) in [5.41, 5.74) is 2.38. The molecule has 0 bridgehead atoms. The van der Waals surface area contributed by atoms with Crippen molar-refractivity contribution < 1.29 is 19.4 Å². The second-order valence-electron chi connectivity index (χ2n) is 9.19. The number of nitrogens with one attached hydrogen (secondary N) is 1. The van der Waals surface area contributed by atoms with E-state index in [1.165, 1.54) is 19.3 Å². The van der Waals surface area contributed by atoms with E-state index >= 15 is 0 Å². The number of urea groups is 1. The van der Waals surface area contributed by atoms with E-state index in [9.17, 15) is 14.7 Å². The highest BCUT2D eigenvalue weighted by Crippen LogP contribution is 2.31. The fraction of sp³-hybridized carbons (Fsp3) is 0.355. The van der Waals surface area contributed by atoms with Crippen LogP contribution in [0.15, 0.2) is 82.6 Å². The van der Waals surface area contributed by atoms with E-state index in [2.05, 4.69) is 12.2 Å². The lowest BCUT2D eigenvalue weighted by Crippen LogP contribution is -2.35. The standard InChI is InChI=1S/C31H38N2O4S/c1-4-6-7-8-9-22-33(31(36)32-24-12-16-26(37-3)17-13-24)25-14-20-28(21-15-25)38-27-18-10-23(11-19-27)29(5-2)30(34)35/h10-21,29H,4-9,22H2,1-3H3,(H,32,36)(H,34,35). The second-order valence-corrected chi connectivity index (χ2v) is 10.3. The smallest absolute Gasteiger partial charge is 0.326 e. The number of carboxylic acid groups (broad SMARTS) is 1. The number of nitrogens with zero attached hydrogens (tertiary/aromatic N) is 1. The number of carbonyl (C=O) groups is 2. The van der Waals surface area contributed by atoms with Crippen LogP contribution in [0.1, 0.15) is 63.9 Å². The Hall–Kier alpha value is -3.45. The molecule has 0 saturated heterocycles. The van der Waals surface area contributed by atoms with Crippen molar-refractivity contribution in [1.29, 1.82) is 0 Å². The van der Waals surface area contributed by atoms with Crippen molar-refractivity contribution in [3.05, 3.63) is 78.4 Å². The maximum Gasteiger partial charge on any atom is 0.326 e. The number of carboxylic acids is 1. The van der Waals surface area contributed by atoms with E-state index < -0.39 is 11.9 Å². The molecule has 0 aliphatic carbocycles. The number of amides is 2. The van der Waals surface area contributed by atoms with Gasteiger partial charge in [0.05, 0.1) is 13.0 Å². The molecule has 1 unspecified atom stereocenters. The fourth-order valence-electron chi connectivity index (χ4n) is 4.24. The number of ether oxygens (including phenoxy) is 1. The minimum atomic E-state index is -0.797. The van der Waals surface area contributed by atoms with Crippen LogP contribution < -0.4 is 15.0 Å². The first kappa shape index (κ1) is 29.1. The van der Waals surface area contributed by atoms with E-state index in [4.69, 9.17) is 4.74 Å². The Bertz CT molecular complexity index is 1150. The third-order valence-corrected chi connectivity index (χ3v) is 7.46. The molecular formula is C31H38N2O4S. The monoisotopic (exact) mass is 534 g/mol. The summed E-state index contributed by atoms with van der Waals surface area (Å²) in [5.74, 6) is -0.537.